The summed E-state index contributed by atoms with van der Waals surface area (Å²) in [7, 11) is 0. The van der Waals surface area contributed by atoms with Crippen LogP contribution in [0, 0.1) is 0 Å². The number of hydrogen-bond acceptors (Lipinski definition) is 2. The van der Waals surface area contributed by atoms with E-state index in [-0.39, 0.29) is 0 Å². The molecule has 0 saturated heterocycles. The van der Waals surface area contributed by atoms with Crippen LogP contribution in [0.15, 0.2) is 22.7 Å². The normalized spacial score (nSPS) is 18.9. The van der Waals surface area contributed by atoms with Gasteiger partial charge in [0.1, 0.15) is 5.75 Å². The highest BCUT2D eigenvalue weighted by atomic mass is 79.9. The molecular weight excluding hydrogens is 278 g/mol. The Morgan fingerprint density at radius 3 is 2.88 bits per heavy atom. The summed E-state index contributed by atoms with van der Waals surface area (Å²) in [6.07, 6.45) is 3.41. The van der Waals surface area contributed by atoms with Gasteiger partial charge in [0.25, 0.3) is 0 Å². The van der Waals surface area contributed by atoms with Gasteiger partial charge in [-0.1, -0.05) is 29.8 Å². The second-order valence-electron chi connectivity index (χ2n) is 4.55. The van der Waals surface area contributed by atoms with Crippen molar-refractivity contribution in [3.05, 3.63) is 28.2 Å². The summed E-state index contributed by atoms with van der Waals surface area (Å²) >= 11 is 3.53. The maximum Gasteiger partial charge on any atom is 0.124 e. The third kappa shape index (κ3) is 3.02. The Balaban J connectivity index is 2.18. The maximum absolute atomic E-state index is 5.70. The van der Waals surface area contributed by atoms with Gasteiger partial charge in [0, 0.05) is 28.5 Å². The molecule has 3 heteroatoms. The molecule has 1 N–H and O–H groups in total. The predicted molar refractivity (Wildman–Crippen MR) is 74.5 cm³/mol. The predicted octanol–water partition coefficient (Wildman–Crippen LogP) is 4.05. The van der Waals surface area contributed by atoms with Crippen molar-refractivity contribution in [1.29, 1.82) is 0 Å². The molecule has 0 aliphatic carbocycles. The molecule has 1 atom stereocenters. The number of halogens is 1. The molecule has 0 fully saturated rings. The van der Waals surface area contributed by atoms with E-state index in [2.05, 4.69) is 47.2 Å². The highest BCUT2D eigenvalue weighted by Crippen LogP contribution is 2.34. The molecule has 0 spiro atoms. The lowest BCUT2D eigenvalue weighted by Gasteiger charge is -2.30. The first-order valence-electron chi connectivity index (χ1n) is 6.42. The van der Waals surface area contributed by atoms with Crippen molar-refractivity contribution < 1.29 is 4.74 Å². The SMILES string of the molecule is CCC(CC)NC1CCOc2ccc(Br)cc21. The molecular formula is C14H20BrNO. The smallest absolute Gasteiger partial charge is 0.124 e. The summed E-state index contributed by atoms with van der Waals surface area (Å²) in [5, 5.41) is 3.74. The Kier molecular flexibility index (Phi) is 4.46. The second kappa shape index (κ2) is 5.87. The minimum absolute atomic E-state index is 0.432. The van der Waals surface area contributed by atoms with Gasteiger partial charge >= 0.3 is 0 Å². The van der Waals surface area contributed by atoms with Crippen molar-refractivity contribution in [2.24, 2.45) is 0 Å². The van der Waals surface area contributed by atoms with Gasteiger partial charge in [-0.15, -0.1) is 0 Å². The minimum atomic E-state index is 0.432. The molecule has 0 saturated carbocycles. The number of rotatable bonds is 4. The fourth-order valence-electron chi connectivity index (χ4n) is 2.35. The van der Waals surface area contributed by atoms with E-state index >= 15 is 0 Å². The van der Waals surface area contributed by atoms with E-state index in [0.29, 0.717) is 12.1 Å². The van der Waals surface area contributed by atoms with Crippen molar-refractivity contribution >= 4 is 15.9 Å². The van der Waals surface area contributed by atoms with Crippen LogP contribution in [0.5, 0.6) is 5.75 Å². The van der Waals surface area contributed by atoms with Gasteiger partial charge in [0.05, 0.1) is 6.61 Å². The van der Waals surface area contributed by atoms with E-state index in [1.807, 2.05) is 6.07 Å². The van der Waals surface area contributed by atoms with E-state index in [4.69, 9.17) is 4.74 Å². The average Bonchev–Trinajstić information content (AvgIpc) is 2.36. The van der Waals surface area contributed by atoms with Crippen LogP contribution < -0.4 is 10.1 Å². The molecule has 1 aliphatic heterocycles. The fraction of sp³-hybridized carbons (Fsp3) is 0.571. The average molecular weight is 298 g/mol. The Hall–Kier alpha value is -0.540. The third-order valence-corrected chi connectivity index (χ3v) is 3.93. The van der Waals surface area contributed by atoms with E-state index in [1.54, 1.807) is 0 Å². The molecule has 0 bridgehead atoms. The lowest BCUT2D eigenvalue weighted by molar-refractivity contribution is 0.241. The summed E-state index contributed by atoms with van der Waals surface area (Å²) in [5.74, 6) is 1.03. The van der Waals surface area contributed by atoms with Gasteiger partial charge in [-0.25, -0.2) is 0 Å². The Morgan fingerprint density at radius 2 is 2.18 bits per heavy atom. The van der Waals surface area contributed by atoms with Gasteiger partial charge in [-0.2, -0.15) is 0 Å². The van der Waals surface area contributed by atoms with Gasteiger partial charge in [-0.05, 0) is 31.0 Å². The molecule has 2 rings (SSSR count). The minimum Gasteiger partial charge on any atom is -0.493 e. The van der Waals surface area contributed by atoms with Crippen molar-refractivity contribution in [3.63, 3.8) is 0 Å². The fourth-order valence-corrected chi connectivity index (χ4v) is 2.73. The summed E-state index contributed by atoms with van der Waals surface area (Å²) in [4.78, 5) is 0. The van der Waals surface area contributed by atoms with E-state index in [9.17, 15) is 0 Å². The zero-order valence-corrected chi connectivity index (χ0v) is 12.1. The van der Waals surface area contributed by atoms with Crippen LogP contribution in [0.25, 0.3) is 0 Å². The lowest BCUT2D eigenvalue weighted by atomic mass is 9.99. The van der Waals surface area contributed by atoms with Gasteiger partial charge in [0.2, 0.25) is 0 Å². The zero-order chi connectivity index (χ0) is 12.3. The van der Waals surface area contributed by atoms with Crippen LogP contribution in [0.1, 0.15) is 44.7 Å². The maximum atomic E-state index is 5.70. The van der Waals surface area contributed by atoms with Crippen molar-refractivity contribution in [2.75, 3.05) is 6.61 Å². The summed E-state index contributed by atoms with van der Waals surface area (Å²) in [6, 6.07) is 7.30. The highest BCUT2D eigenvalue weighted by Gasteiger charge is 2.23. The van der Waals surface area contributed by atoms with Gasteiger partial charge < -0.3 is 10.1 Å². The molecule has 0 aromatic heterocycles. The van der Waals surface area contributed by atoms with Gasteiger partial charge in [0.15, 0.2) is 0 Å². The van der Waals surface area contributed by atoms with Crippen LogP contribution in [0.3, 0.4) is 0 Å². The molecule has 1 heterocycles. The van der Waals surface area contributed by atoms with Crippen LogP contribution in [0.2, 0.25) is 0 Å². The summed E-state index contributed by atoms with van der Waals surface area (Å²) in [5.41, 5.74) is 1.29. The number of fused-ring (bicyclic) bond motifs is 1. The summed E-state index contributed by atoms with van der Waals surface area (Å²) < 4.78 is 6.82. The molecule has 1 unspecified atom stereocenters. The quantitative estimate of drug-likeness (QED) is 0.905. The van der Waals surface area contributed by atoms with E-state index in [1.165, 1.54) is 18.4 Å². The first-order valence-corrected chi connectivity index (χ1v) is 7.22. The first kappa shape index (κ1) is 12.9. The monoisotopic (exact) mass is 297 g/mol. The van der Waals surface area contributed by atoms with Crippen molar-refractivity contribution in [3.8, 4) is 5.75 Å². The van der Waals surface area contributed by atoms with Crippen molar-refractivity contribution in [2.45, 2.75) is 45.2 Å². The van der Waals surface area contributed by atoms with Crippen LogP contribution >= 0.6 is 15.9 Å². The number of hydrogen-bond donors (Lipinski definition) is 1. The molecule has 0 radical (unpaired) electrons. The Bertz CT molecular complexity index is 376. The Morgan fingerprint density at radius 1 is 1.41 bits per heavy atom. The highest BCUT2D eigenvalue weighted by molar-refractivity contribution is 9.10. The molecule has 0 amide bonds. The molecule has 1 aromatic rings. The van der Waals surface area contributed by atoms with Crippen LogP contribution in [-0.4, -0.2) is 12.6 Å². The number of nitrogens with one attached hydrogen (secondary N) is 1. The van der Waals surface area contributed by atoms with E-state index in [0.717, 1.165) is 23.2 Å². The van der Waals surface area contributed by atoms with E-state index < -0.39 is 0 Å². The standard InChI is InChI=1S/C14H20BrNO/c1-3-11(4-2)16-13-7-8-17-14-6-5-10(15)9-12(13)14/h5-6,9,11,13,16H,3-4,7-8H2,1-2H3. The van der Waals surface area contributed by atoms with Crippen molar-refractivity contribution in [1.82, 2.24) is 5.32 Å². The number of ether oxygens (including phenoxy) is 1. The molecule has 17 heavy (non-hydrogen) atoms. The molecule has 1 aliphatic rings. The number of benzene rings is 1. The molecule has 94 valence electrons. The lowest BCUT2D eigenvalue weighted by Crippen LogP contribution is -2.34. The van der Waals surface area contributed by atoms with Gasteiger partial charge in [-0.3, -0.25) is 0 Å². The third-order valence-electron chi connectivity index (χ3n) is 3.43. The Labute approximate surface area is 112 Å². The largest absolute Gasteiger partial charge is 0.493 e. The topological polar surface area (TPSA) is 21.3 Å². The zero-order valence-electron chi connectivity index (χ0n) is 10.5. The second-order valence-corrected chi connectivity index (χ2v) is 5.47. The van der Waals surface area contributed by atoms with Crippen LogP contribution in [-0.2, 0) is 0 Å². The molecule has 1 aromatic carbocycles. The van der Waals surface area contributed by atoms with Crippen LogP contribution in [0.4, 0.5) is 0 Å². The molecule has 2 nitrogen and oxygen atoms in total. The summed E-state index contributed by atoms with van der Waals surface area (Å²) in [6.45, 7) is 5.29. The first-order chi connectivity index (χ1) is 8.24.